The van der Waals surface area contributed by atoms with Crippen LogP contribution in [0.3, 0.4) is 0 Å². The van der Waals surface area contributed by atoms with Crippen LogP contribution in [0.25, 0.3) is 0 Å². The summed E-state index contributed by atoms with van der Waals surface area (Å²) in [6.07, 6.45) is 4.16. The normalized spacial score (nSPS) is 12.0. The Labute approximate surface area is 130 Å². The van der Waals surface area contributed by atoms with Crippen molar-refractivity contribution < 1.29 is 9.47 Å². The van der Waals surface area contributed by atoms with Gasteiger partial charge in [-0.05, 0) is 31.2 Å². The van der Waals surface area contributed by atoms with Crippen molar-refractivity contribution in [3.63, 3.8) is 0 Å². The lowest BCUT2D eigenvalue weighted by Crippen LogP contribution is -2.19. The molecule has 1 atom stereocenters. The molecule has 2 aromatic rings. The molecule has 5 heteroatoms. The summed E-state index contributed by atoms with van der Waals surface area (Å²) >= 11 is 6.19. The summed E-state index contributed by atoms with van der Waals surface area (Å²) in [6, 6.07) is 7.84. The first-order valence-corrected chi connectivity index (χ1v) is 7.05. The highest BCUT2D eigenvalue weighted by Gasteiger charge is 2.17. The van der Waals surface area contributed by atoms with Gasteiger partial charge in [0.1, 0.15) is 11.5 Å². The lowest BCUT2D eigenvalue weighted by Gasteiger charge is -2.20. The van der Waals surface area contributed by atoms with Gasteiger partial charge in [0, 0.05) is 30.1 Å². The number of nitrogens with one attached hydrogen (secondary N) is 1. The van der Waals surface area contributed by atoms with Crippen molar-refractivity contribution in [1.29, 1.82) is 0 Å². The molecule has 0 aliphatic carbocycles. The maximum atomic E-state index is 6.19. The molecule has 0 spiro atoms. The predicted molar refractivity (Wildman–Crippen MR) is 84.3 cm³/mol. The minimum atomic E-state index is 0.0887. The average Bonchev–Trinajstić information content (AvgIpc) is 2.53. The number of nitrogens with zero attached hydrogens (tertiary/aromatic N) is 1. The zero-order valence-corrected chi connectivity index (χ0v) is 13.1. The van der Waals surface area contributed by atoms with E-state index < -0.39 is 0 Å². The van der Waals surface area contributed by atoms with Crippen molar-refractivity contribution in [2.24, 2.45) is 0 Å². The number of ether oxygens (including phenoxy) is 2. The standard InChI is InChI=1S/C16H19ClN2O2/c1-18-15(8-11-6-7-19-10-14(11)17)13-5-4-12(20-2)9-16(13)21-3/h4-7,9-10,15,18H,8H2,1-3H3. The van der Waals surface area contributed by atoms with Gasteiger partial charge in [-0.2, -0.15) is 0 Å². The van der Waals surface area contributed by atoms with Crippen molar-refractivity contribution >= 4 is 11.6 Å². The highest BCUT2D eigenvalue weighted by molar-refractivity contribution is 6.31. The first-order valence-electron chi connectivity index (χ1n) is 6.67. The van der Waals surface area contributed by atoms with E-state index in [9.17, 15) is 0 Å². The molecule has 112 valence electrons. The molecule has 1 unspecified atom stereocenters. The van der Waals surface area contributed by atoms with E-state index in [2.05, 4.69) is 10.3 Å². The van der Waals surface area contributed by atoms with Crippen LogP contribution in [0.2, 0.25) is 5.02 Å². The molecule has 0 aliphatic heterocycles. The fraction of sp³-hybridized carbons (Fsp3) is 0.312. The molecule has 0 radical (unpaired) electrons. The number of methoxy groups -OCH3 is 2. The van der Waals surface area contributed by atoms with E-state index in [1.165, 1.54) is 0 Å². The maximum Gasteiger partial charge on any atom is 0.127 e. The van der Waals surface area contributed by atoms with Crippen LogP contribution in [0.1, 0.15) is 17.2 Å². The molecule has 0 saturated heterocycles. The van der Waals surface area contributed by atoms with E-state index in [0.29, 0.717) is 5.02 Å². The van der Waals surface area contributed by atoms with Gasteiger partial charge in [0.15, 0.2) is 0 Å². The Morgan fingerprint density at radius 3 is 2.67 bits per heavy atom. The summed E-state index contributed by atoms with van der Waals surface area (Å²) in [5.41, 5.74) is 2.11. The molecule has 1 N–H and O–H groups in total. The predicted octanol–water partition coefficient (Wildman–Crippen LogP) is 3.26. The maximum absolute atomic E-state index is 6.19. The molecule has 21 heavy (non-hydrogen) atoms. The first kappa shape index (κ1) is 15.6. The van der Waals surface area contributed by atoms with Crippen LogP contribution in [-0.4, -0.2) is 26.3 Å². The Balaban J connectivity index is 2.31. The molecule has 0 bridgehead atoms. The Bertz CT molecular complexity index is 605. The van der Waals surface area contributed by atoms with Gasteiger partial charge in [0.05, 0.1) is 19.2 Å². The second-order valence-corrected chi connectivity index (χ2v) is 5.03. The van der Waals surface area contributed by atoms with Gasteiger partial charge >= 0.3 is 0 Å². The SMILES string of the molecule is CNC(Cc1ccncc1Cl)c1ccc(OC)cc1OC. The van der Waals surface area contributed by atoms with E-state index in [1.807, 2.05) is 31.3 Å². The number of aromatic nitrogens is 1. The van der Waals surface area contributed by atoms with Crippen molar-refractivity contribution in [3.05, 3.63) is 52.8 Å². The summed E-state index contributed by atoms with van der Waals surface area (Å²) in [4.78, 5) is 4.01. The van der Waals surface area contributed by atoms with E-state index in [1.54, 1.807) is 26.6 Å². The van der Waals surface area contributed by atoms with E-state index in [-0.39, 0.29) is 6.04 Å². The molecule has 4 nitrogen and oxygen atoms in total. The van der Waals surface area contributed by atoms with Gasteiger partial charge in [-0.3, -0.25) is 4.98 Å². The average molecular weight is 307 g/mol. The summed E-state index contributed by atoms with van der Waals surface area (Å²) < 4.78 is 10.7. The van der Waals surface area contributed by atoms with Gasteiger partial charge in [0.2, 0.25) is 0 Å². The second kappa shape index (κ2) is 7.29. The van der Waals surface area contributed by atoms with Crippen molar-refractivity contribution in [2.75, 3.05) is 21.3 Å². The minimum absolute atomic E-state index is 0.0887. The molecule has 0 amide bonds. The molecular formula is C16H19ClN2O2. The van der Waals surface area contributed by atoms with Crippen LogP contribution in [0.15, 0.2) is 36.7 Å². The topological polar surface area (TPSA) is 43.4 Å². The smallest absolute Gasteiger partial charge is 0.127 e. The summed E-state index contributed by atoms with van der Waals surface area (Å²) in [7, 11) is 5.22. The largest absolute Gasteiger partial charge is 0.497 e. The highest BCUT2D eigenvalue weighted by Crippen LogP contribution is 2.32. The Kier molecular flexibility index (Phi) is 5.42. The molecule has 1 aromatic heterocycles. The van der Waals surface area contributed by atoms with Crippen LogP contribution in [0, 0.1) is 0 Å². The Morgan fingerprint density at radius 1 is 1.24 bits per heavy atom. The quantitative estimate of drug-likeness (QED) is 0.889. The third-order valence-electron chi connectivity index (χ3n) is 3.44. The third-order valence-corrected chi connectivity index (χ3v) is 3.79. The number of pyridine rings is 1. The van der Waals surface area contributed by atoms with Crippen LogP contribution in [-0.2, 0) is 6.42 Å². The molecule has 2 rings (SSSR count). The molecule has 0 fully saturated rings. The summed E-state index contributed by atoms with van der Waals surface area (Å²) in [5.74, 6) is 1.56. The van der Waals surface area contributed by atoms with Gasteiger partial charge in [-0.25, -0.2) is 0 Å². The summed E-state index contributed by atoms with van der Waals surface area (Å²) in [6.45, 7) is 0. The lowest BCUT2D eigenvalue weighted by atomic mass is 9.98. The number of likely N-dealkylation sites (N-methyl/N-ethyl adjacent to an activating group) is 1. The van der Waals surface area contributed by atoms with Gasteiger partial charge < -0.3 is 14.8 Å². The number of hydrogen-bond donors (Lipinski definition) is 1. The molecule has 1 aromatic carbocycles. The van der Waals surface area contributed by atoms with Gasteiger partial charge in [-0.15, -0.1) is 0 Å². The molecule has 1 heterocycles. The Hall–Kier alpha value is -1.78. The number of hydrogen-bond acceptors (Lipinski definition) is 4. The summed E-state index contributed by atoms with van der Waals surface area (Å²) in [5, 5.41) is 3.98. The van der Waals surface area contributed by atoms with E-state index in [4.69, 9.17) is 21.1 Å². The van der Waals surface area contributed by atoms with Gasteiger partial charge in [-0.1, -0.05) is 17.7 Å². The fourth-order valence-electron chi connectivity index (χ4n) is 2.26. The van der Waals surface area contributed by atoms with Crippen LogP contribution in [0.5, 0.6) is 11.5 Å². The zero-order valence-electron chi connectivity index (χ0n) is 12.4. The molecule has 0 saturated carbocycles. The third kappa shape index (κ3) is 3.65. The molecular weight excluding hydrogens is 288 g/mol. The fourth-order valence-corrected chi connectivity index (χ4v) is 2.46. The van der Waals surface area contributed by atoms with Gasteiger partial charge in [0.25, 0.3) is 0 Å². The van der Waals surface area contributed by atoms with Crippen LogP contribution < -0.4 is 14.8 Å². The number of halogens is 1. The minimum Gasteiger partial charge on any atom is -0.497 e. The second-order valence-electron chi connectivity index (χ2n) is 4.62. The van der Waals surface area contributed by atoms with Crippen LogP contribution >= 0.6 is 11.6 Å². The highest BCUT2D eigenvalue weighted by atomic mass is 35.5. The molecule has 0 aliphatic rings. The Morgan fingerprint density at radius 2 is 2.05 bits per heavy atom. The monoisotopic (exact) mass is 306 g/mol. The van der Waals surface area contributed by atoms with E-state index >= 15 is 0 Å². The zero-order chi connectivity index (χ0) is 15.2. The number of rotatable bonds is 6. The van der Waals surface area contributed by atoms with Crippen molar-refractivity contribution in [3.8, 4) is 11.5 Å². The first-order chi connectivity index (χ1) is 10.2. The van der Waals surface area contributed by atoms with E-state index in [0.717, 1.165) is 29.0 Å². The van der Waals surface area contributed by atoms with Crippen LogP contribution in [0.4, 0.5) is 0 Å². The lowest BCUT2D eigenvalue weighted by molar-refractivity contribution is 0.385. The number of benzene rings is 1. The van der Waals surface area contributed by atoms with Crippen molar-refractivity contribution in [2.45, 2.75) is 12.5 Å². The van der Waals surface area contributed by atoms with Crippen molar-refractivity contribution in [1.82, 2.24) is 10.3 Å².